The molecule has 0 aromatic carbocycles. The number of fused-ring (bicyclic) bond motifs is 1. The summed E-state index contributed by atoms with van der Waals surface area (Å²) in [4.78, 5) is 8.81. The van der Waals surface area contributed by atoms with Gasteiger partial charge in [0, 0.05) is 24.9 Å². The topological polar surface area (TPSA) is 39.9 Å². The van der Waals surface area contributed by atoms with Crippen LogP contribution in [0.4, 0.5) is 0 Å². The van der Waals surface area contributed by atoms with E-state index in [0.717, 1.165) is 43.7 Å². The number of nitrogens with zero attached hydrogens (tertiary/aromatic N) is 3. The predicted molar refractivity (Wildman–Crippen MR) is 66.0 cm³/mol. The van der Waals surface area contributed by atoms with Crippen molar-refractivity contribution in [2.75, 3.05) is 13.2 Å². The van der Waals surface area contributed by atoms with E-state index in [2.05, 4.69) is 27.5 Å². The van der Waals surface area contributed by atoms with Gasteiger partial charge < -0.3 is 9.30 Å². The molecule has 1 saturated heterocycles. The van der Waals surface area contributed by atoms with E-state index in [1.807, 2.05) is 12.5 Å². The van der Waals surface area contributed by atoms with Crippen LogP contribution < -0.4 is 0 Å². The average Bonchev–Trinajstić information content (AvgIpc) is 2.82. The lowest BCUT2D eigenvalue weighted by Gasteiger charge is -2.23. The number of rotatable bonds is 2. The molecule has 4 nitrogen and oxygen atoms in total. The summed E-state index contributed by atoms with van der Waals surface area (Å²) in [6.07, 6.45) is 6.95. The molecule has 0 aliphatic carbocycles. The van der Waals surface area contributed by atoms with Gasteiger partial charge in [0.1, 0.15) is 5.52 Å². The van der Waals surface area contributed by atoms with Crippen LogP contribution in [0.1, 0.15) is 31.5 Å². The molecule has 0 atom stereocenters. The molecular formula is C13H17N3O. The first kappa shape index (κ1) is 10.7. The zero-order valence-corrected chi connectivity index (χ0v) is 10.1. The predicted octanol–water partition coefficient (Wildman–Crippen LogP) is 2.35. The molecule has 0 saturated carbocycles. The third kappa shape index (κ3) is 1.93. The first-order chi connectivity index (χ1) is 8.38. The molecule has 0 amide bonds. The Labute approximate surface area is 101 Å². The second-order valence-corrected chi connectivity index (χ2v) is 4.51. The second kappa shape index (κ2) is 4.45. The molecule has 0 unspecified atom stereocenters. The van der Waals surface area contributed by atoms with Crippen molar-refractivity contribution in [2.24, 2.45) is 0 Å². The molecule has 3 heterocycles. The molecule has 1 aliphatic rings. The largest absolute Gasteiger partial charge is 0.381 e. The minimum Gasteiger partial charge on any atom is -0.381 e. The highest BCUT2D eigenvalue weighted by Gasteiger charge is 2.17. The van der Waals surface area contributed by atoms with Crippen LogP contribution in [0.15, 0.2) is 18.6 Å². The van der Waals surface area contributed by atoms with Gasteiger partial charge >= 0.3 is 0 Å². The van der Waals surface area contributed by atoms with Crippen LogP contribution in [0.5, 0.6) is 0 Å². The van der Waals surface area contributed by atoms with E-state index in [4.69, 9.17) is 4.74 Å². The van der Waals surface area contributed by atoms with Crippen molar-refractivity contribution in [3.05, 3.63) is 24.3 Å². The minimum absolute atomic E-state index is 0.529. The van der Waals surface area contributed by atoms with Crippen molar-refractivity contribution in [3.8, 4) is 0 Å². The van der Waals surface area contributed by atoms with Crippen molar-refractivity contribution in [2.45, 2.75) is 32.2 Å². The molecule has 3 rings (SSSR count). The molecule has 4 heteroatoms. The lowest BCUT2D eigenvalue weighted by Crippen LogP contribution is -2.18. The van der Waals surface area contributed by atoms with E-state index in [1.165, 1.54) is 5.52 Å². The standard InChI is InChI=1S/C13H17N3O/c1-2-10-7-13-12(8-14-10)15-9-16(13)11-3-5-17-6-4-11/h7-9,11H,2-6H2,1H3. The average molecular weight is 231 g/mol. The Bertz CT molecular complexity index is 514. The number of hydrogen-bond acceptors (Lipinski definition) is 3. The fraction of sp³-hybridized carbons (Fsp3) is 0.538. The number of imidazole rings is 1. The molecule has 2 aromatic rings. The van der Waals surface area contributed by atoms with Gasteiger partial charge in [0.25, 0.3) is 0 Å². The van der Waals surface area contributed by atoms with Crippen LogP contribution in [0.25, 0.3) is 11.0 Å². The van der Waals surface area contributed by atoms with Crippen molar-refractivity contribution >= 4 is 11.0 Å². The third-order valence-corrected chi connectivity index (χ3v) is 3.46. The highest BCUT2D eigenvalue weighted by atomic mass is 16.5. The van der Waals surface area contributed by atoms with E-state index in [-0.39, 0.29) is 0 Å². The number of aromatic nitrogens is 3. The number of hydrogen-bond donors (Lipinski definition) is 0. The molecular weight excluding hydrogens is 214 g/mol. The van der Waals surface area contributed by atoms with Gasteiger partial charge in [-0.1, -0.05) is 6.92 Å². The van der Waals surface area contributed by atoms with E-state index >= 15 is 0 Å². The molecule has 0 N–H and O–H groups in total. The molecule has 1 aliphatic heterocycles. The maximum atomic E-state index is 5.41. The summed E-state index contributed by atoms with van der Waals surface area (Å²) in [7, 11) is 0. The van der Waals surface area contributed by atoms with Crippen molar-refractivity contribution in [1.29, 1.82) is 0 Å². The van der Waals surface area contributed by atoms with Crippen LogP contribution in [0, 0.1) is 0 Å². The van der Waals surface area contributed by atoms with Crippen LogP contribution in [-0.2, 0) is 11.2 Å². The normalized spacial score (nSPS) is 17.7. The molecule has 0 bridgehead atoms. The molecule has 0 radical (unpaired) electrons. The lowest BCUT2D eigenvalue weighted by atomic mass is 10.1. The van der Waals surface area contributed by atoms with Crippen molar-refractivity contribution in [1.82, 2.24) is 14.5 Å². The summed E-state index contributed by atoms with van der Waals surface area (Å²) in [5, 5.41) is 0. The summed E-state index contributed by atoms with van der Waals surface area (Å²) in [5.74, 6) is 0. The van der Waals surface area contributed by atoms with Crippen LogP contribution in [0.3, 0.4) is 0 Å². The zero-order chi connectivity index (χ0) is 11.7. The van der Waals surface area contributed by atoms with Gasteiger partial charge in [-0.25, -0.2) is 4.98 Å². The van der Waals surface area contributed by atoms with Crippen LogP contribution in [-0.4, -0.2) is 27.7 Å². The fourth-order valence-electron chi connectivity index (χ4n) is 2.42. The Morgan fingerprint density at radius 2 is 2.18 bits per heavy atom. The quantitative estimate of drug-likeness (QED) is 0.796. The summed E-state index contributed by atoms with van der Waals surface area (Å²) < 4.78 is 7.70. The third-order valence-electron chi connectivity index (χ3n) is 3.46. The van der Waals surface area contributed by atoms with Gasteiger partial charge in [-0.15, -0.1) is 0 Å². The Kier molecular flexibility index (Phi) is 2.81. The molecule has 90 valence electrons. The van der Waals surface area contributed by atoms with E-state index in [1.54, 1.807) is 0 Å². The fourth-order valence-corrected chi connectivity index (χ4v) is 2.42. The van der Waals surface area contributed by atoms with Gasteiger partial charge in [-0.05, 0) is 25.3 Å². The summed E-state index contributed by atoms with van der Waals surface area (Å²) in [5.41, 5.74) is 3.34. The van der Waals surface area contributed by atoms with E-state index in [9.17, 15) is 0 Å². The maximum absolute atomic E-state index is 5.41. The van der Waals surface area contributed by atoms with Gasteiger partial charge in [0.05, 0.1) is 18.0 Å². The second-order valence-electron chi connectivity index (χ2n) is 4.51. The minimum atomic E-state index is 0.529. The first-order valence-corrected chi connectivity index (χ1v) is 6.27. The lowest BCUT2D eigenvalue weighted by molar-refractivity contribution is 0.0706. The highest BCUT2D eigenvalue weighted by Crippen LogP contribution is 2.25. The summed E-state index contributed by atoms with van der Waals surface area (Å²) >= 11 is 0. The van der Waals surface area contributed by atoms with Crippen LogP contribution >= 0.6 is 0 Å². The Hall–Kier alpha value is -1.42. The monoisotopic (exact) mass is 231 g/mol. The van der Waals surface area contributed by atoms with Crippen LogP contribution in [0.2, 0.25) is 0 Å². The van der Waals surface area contributed by atoms with Gasteiger partial charge in [0.15, 0.2) is 0 Å². The number of ether oxygens (including phenoxy) is 1. The summed E-state index contributed by atoms with van der Waals surface area (Å²) in [6.45, 7) is 3.84. The maximum Gasteiger partial charge on any atom is 0.107 e. The zero-order valence-electron chi connectivity index (χ0n) is 10.1. The Morgan fingerprint density at radius 1 is 1.35 bits per heavy atom. The van der Waals surface area contributed by atoms with Gasteiger partial charge in [-0.3, -0.25) is 4.98 Å². The molecule has 17 heavy (non-hydrogen) atoms. The molecule has 0 spiro atoms. The van der Waals surface area contributed by atoms with Gasteiger partial charge in [-0.2, -0.15) is 0 Å². The number of aryl methyl sites for hydroxylation is 1. The summed E-state index contributed by atoms with van der Waals surface area (Å²) in [6, 6.07) is 2.69. The van der Waals surface area contributed by atoms with Crippen molar-refractivity contribution in [3.63, 3.8) is 0 Å². The van der Waals surface area contributed by atoms with E-state index < -0.39 is 0 Å². The smallest absolute Gasteiger partial charge is 0.107 e. The Balaban J connectivity index is 2.02. The van der Waals surface area contributed by atoms with E-state index in [0.29, 0.717) is 6.04 Å². The van der Waals surface area contributed by atoms with Gasteiger partial charge in [0.2, 0.25) is 0 Å². The highest BCUT2D eigenvalue weighted by molar-refractivity contribution is 5.74. The Morgan fingerprint density at radius 3 is 2.94 bits per heavy atom. The molecule has 1 fully saturated rings. The van der Waals surface area contributed by atoms with Crippen molar-refractivity contribution < 1.29 is 4.74 Å². The molecule has 2 aromatic heterocycles. The number of pyridine rings is 1. The SMILES string of the molecule is CCc1cc2c(cn1)ncn2C1CCOCC1. The first-order valence-electron chi connectivity index (χ1n) is 6.27.